The summed E-state index contributed by atoms with van der Waals surface area (Å²) >= 11 is 4.46. The van der Waals surface area contributed by atoms with Crippen LogP contribution in [0.15, 0.2) is 59.5 Å². The summed E-state index contributed by atoms with van der Waals surface area (Å²) in [7, 11) is -3.78. The molecule has 0 bridgehead atoms. The van der Waals surface area contributed by atoms with E-state index in [1.165, 1.54) is 4.31 Å². The van der Waals surface area contributed by atoms with Crippen LogP contribution in [0.3, 0.4) is 0 Å². The molecule has 1 N–H and O–H groups in total. The van der Waals surface area contributed by atoms with Gasteiger partial charge in [0, 0.05) is 42.6 Å². The number of nitrogens with one attached hydrogen (secondary N) is 1. The van der Waals surface area contributed by atoms with E-state index in [9.17, 15) is 21.6 Å². The van der Waals surface area contributed by atoms with Crippen molar-refractivity contribution in [1.82, 2.24) is 9.62 Å². The minimum atomic E-state index is -3.78. The van der Waals surface area contributed by atoms with Crippen LogP contribution in [0.25, 0.3) is 10.8 Å². The molecular formula is C22H21F3N2O2S2. The normalized spacial score (nSPS) is 19.9. The molecular weight excluding hydrogens is 445 g/mol. The summed E-state index contributed by atoms with van der Waals surface area (Å²) in [6.07, 6.45) is 0.503. The zero-order chi connectivity index (χ0) is 22.2. The Bertz CT molecular complexity index is 1220. The van der Waals surface area contributed by atoms with Crippen LogP contribution in [0.5, 0.6) is 0 Å². The molecule has 0 saturated carbocycles. The van der Waals surface area contributed by atoms with Crippen molar-refractivity contribution in [3.8, 4) is 0 Å². The highest BCUT2D eigenvalue weighted by atomic mass is 32.2. The third-order valence-corrected chi connectivity index (χ3v) is 7.72. The number of hydrogen-bond donors (Lipinski definition) is 2. The van der Waals surface area contributed by atoms with E-state index in [0.29, 0.717) is 12.5 Å². The van der Waals surface area contributed by atoms with E-state index < -0.39 is 33.5 Å². The Morgan fingerprint density at radius 2 is 1.77 bits per heavy atom. The lowest BCUT2D eigenvalue weighted by Gasteiger charge is -2.24. The predicted octanol–water partition coefficient (Wildman–Crippen LogP) is 4.11. The van der Waals surface area contributed by atoms with Crippen LogP contribution in [0.4, 0.5) is 13.2 Å². The minimum absolute atomic E-state index is 0.127. The summed E-state index contributed by atoms with van der Waals surface area (Å²) in [5.41, 5.74) is -0.151. The van der Waals surface area contributed by atoms with Crippen LogP contribution in [0.1, 0.15) is 12.0 Å². The maximum atomic E-state index is 13.9. The van der Waals surface area contributed by atoms with Gasteiger partial charge in [-0.2, -0.15) is 16.9 Å². The molecule has 1 fully saturated rings. The van der Waals surface area contributed by atoms with E-state index in [-0.39, 0.29) is 35.3 Å². The van der Waals surface area contributed by atoms with Gasteiger partial charge < -0.3 is 5.32 Å². The first-order chi connectivity index (χ1) is 14.8. The average molecular weight is 467 g/mol. The lowest BCUT2D eigenvalue weighted by atomic mass is 10.1. The van der Waals surface area contributed by atoms with Gasteiger partial charge in [0.05, 0.1) is 4.90 Å². The zero-order valence-corrected chi connectivity index (χ0v) is 18.1. The van der Waals surface area contributed by atoms with E-state index in [4.69, 9.17) is 0 Å². The van der Waals surface area contributed by atoms with Crippen molar-refractivity contribution < 1.29 is 21.6 Å². The Balaban J connectivity index is 1.52. The van der Waals surface area contributed by atoms with Crippen molar-refractivity contribution in [2.75, 3.05) is 13.1 Å². The first kappa shape index (κ1) is 22.1. The topological polar surface area (TPSA) is 49.4 Å². The van der Waals surface area contributed by atoms with Crippen molar-refractivity contribution in [3.63, 3.8) is 0 Å². The number of sulfonamides is 1. The van der Waals surface area contributed by atoms with Crippen LogP contribution in [0.2, 0.25) is 0 Å². The monoisotopic (exact) mass is 466 g/mol. The van der Waals surface area contributed by atoms with Gasteiger partial charge in [-0.15, -0.1) is 0 Å². The summed E-state index contributed by atoms with van der Waals surface area (Å²) in [5, 5.41) is 4.55. The molecule has 0 unspecified atom stereocenters. The molecule has 1 aliphatic heterocycles. The Morgan fingerprint density at radius 3 is 2.55 bits per heavy atom. The fourth-order valence-electron chi connectivity index (χ4n) is 3.92. The Kier molecular flexibility index (Phi) is 6.30. The van der Waals surface area contributed by atoms with Crippen molar-refractivity contribution >= 4 is 33.4 Å². The predicted molar refractivity (Wildman–Crippen MR) is 117 cm³/mol. The number of fused-ring (bicyclic) bond motifs is 1. The van der Waals surface area contributed by atoms with E-state index in [1.807, 2.05) is 24.3 Å². The van der Waals surface area contributed by atoms with E-state index in [0.717, 1.165) is 16.8 Å². The number of thiol groups is 1. The molecule has 9 heteroatoms. The number of rotatable bonds is 6. The lowest BCUT2D eigenvalue weighted by Crippen LogP contribution is -2.41. The van der Waals surface area contributed by atoms with Gasteiger partial charge >= 0.3 is 0 Å². The van der Waals surface area contributed by atoms with Gasteiger partial charge in [-0.1, -0.05) is 30.3 Å². The highest BCUT2D eigenvalue weighted by molar-refractivity contribution is 7.89. The van der Waals surface area contributed by atoms with Crippen LogP contribution >= 0.6 is 12.6 Å². The molecule has 31 heavy (non-hydrogen) atoms. The van der Waals surface area contributed by atoms with Crippen LogP contribution in [-0.2, 0) is 16.6 Å². The van der Waals surface area contributed by atoms with Gasteiger partial charge in [0.15, 0.2) is 11.6 Å². The van der Waals surface area contributed by atoms with E-state index in [1.54, 1.807) is 18.2 Å². The average Bonchev–Trinajstić information content (AvgIpc) is 3.12. The summed E-state index contributed by atoms with van der Waals surface area (Å²) in [6.45, 7) is 0.313. The summed E-state index contributed by atoms with van der Waals surface area (Å²) < 4.78 is 68.7. The fourth-order valence-corrected chi connectivity index (χ4v) is 6.16. The van der Waals surface area contributed by atoms with Gasteiger partial charge in [-0.05, 0) is 35.4 Å². The fraction of sp³-hybridized carbons (Fsp3) is 0.273. The molecule has 4 rings (SSSR count). The smallest absolute Gasteiger partial charge is 0.243 e. The molecule has 3 aromatic carbocycles. The van der Waals surface area contributed by atoms with E-state index in [2.05, 4.69) is 17.9 Å². The van der Waals surface area contributed by atoms with Crippen molar-refractivity contribution in [3.05, 3.63) is 77.6 Å². The molecule has 3 aromatic rings. The van der Waals surface area contributed by atoms with Crippen LogP contribution in [0, 0.1) is 17.5 Å². The molecule has 1 aliphatic rings. The highest BCUT2D eigenvalue weighted by Crippen LogP contribution is 2.30. The first-order valence-electron chi connectivity index (χ1n) is 9.78. The summed E-state index contributed by atoms with van der Waals surface area (Å²) in [4.78, 5) is 0.192. The molecule has 0 amide bonds. The third kappa shape index (κ3) is 4.59. The van der Waals surface area contributed by atoms with Gasteiger partial charge in [0.1, 0.15) is 5.82 Å². The Morgan fingerprint density at radius 1 is 1.03 bits per heavy atom. The van der Waals surface area contributed by atoms with Gasteiger partial charge in [-0.25, -0.2) is 21.6 Å². The molecule has 0 spiro atoms. The quantitative estimate of drug-likeness (QED) is 0.425. The third-order valence-electron chi connectivity index (χ3n) is 5.43. The highest BCUT2D eigenvalue weighted by Gasteiger charge is 2.38. The molecule has 4 nitrogen and oxygen atoms in total. The second-order valence-corrected chi connectivity index (χ2v) is 10.2. The SMILES string of the molecule is O=S(=O)(c1ccc2ccccc2c1)N1C[C@H](S)C[C@H]1CNCc1cc(F)cc(F)c1F. The molecule has 1 saturated heterocycles. The van der Waals surface area contributed by atoms with Crippen LogP contribution in [-0.4, -0.2) is 37.1 Å². The maximum absolute atomic E-state index is 13.9. The molecule has 0 radical (unpaired) electrons. The van der Waals surface area contributed by atoms with Crippen molar-refractivity contribution in [2.45, 2.75) is 29.2 Å². The number of benzene rings is 3. The second-order valence-electron chi connectivity index (χ2n) is 7.62. The van der Waals surface area contributed by atoms with Crippen molar-refractivity contribution in [1.29, 1.82) is 0 Å². The largest absolute Gasteiger partial charge is 0.311 e. The van der Waals surface area contributed by atoms with E-state index >= 15 is 0 Å². The van der Waals surface area contributed by atoms with Crippen LogP contribution < -0.4 is 5.32 Å². The summed E-state index contributed by atoms with van der Waals surface area (Å²) in [5.74, 6) is -3.24. The van der Waals surface area contributed by atoms with Crippen molar-refractivity contribution in [2.24, 2.45) is 0 Å². The number of nitrogens with zero attached hydrogens (tertiary/aromatic N) is 1. The maximum Gasteiger partial charge on any atom is 0.243 e. The van der Waals surface area contributed by atoms with Gasteiger partial charge in [0.25, 0.3) is 0 Å². The summed E-state index contributed by atoms with van der Waals surface area (Å²) in [6, 6.07) is 13.5. The van der Waals surface area contributed by atoms with Gasteiger partial charge in [-0.3, -0.25) is 0 Å². The zero-order valence-electron chi connectivity index (χ0n) is 16.4. The lowest BCUT2D eigenvalue weighted by molar-refractivity contribution is 0.370. The minimum Gasteiger partial charge on any atom is -0.311 e. The Hall–Kier alpha value is -2.07. The molecule has 1 heterocycles. The number of halogens is 3. The molecule has 164 valence electrons. The molecule has 0 aliphatic carbocycles. The van der Waals surface area contributed by atoms with Gasteiger partial charge in [0.2, 0.25) is 10.0 Å². The second kappa shape index (κ2) is 8.82. The standard InChI is InChI=1S/C22H21F3N2O2S2/c23-17-7-16(22(25)21(24)9-17)11-26-12-18-10-19(30)13-27(18)31(28,29)20-6-5-14-3-1-2-4-15(14)8-20/h1-9,18-19,26,30H,10-13H2/t18-,19+/m0/s1. The molecule has 2 atom stereocenters. The first-order valence-corrected chi connectivity index (χ1v) is 11.7. The Labute approximate surface area is 184 Å². The number of hydrogen-bond acceptors (Lipinski definition) is 4. The molecule has 0 aromatic heterocycles.